The molecule has 1 atom stereocenters. The second kappa shape index (κ2) is 9.25. The molecular formula is C24H26N6O3. The molecule has 1 N–H and O–H groups in total. The zero-order chi connectivity index (χ0) is 23.5. The minimum Gasteiger partial charge on any atom is -0.479 e. The van der Waals surface area contributed by atoms with Crippen LogP contribution in [0.1, 0.15) is 34.8 Å². The van der Waals surface area contributed by atoms with Crippen LogP contribution < -0.4 is 10.1 Å². The number of nitrogens with one attached hydrogen (secondary N) is 1. The average Bonchev–Trinajstić information content (AvgIpc) is 3.46. The van der Waals surface area contributed by atoms with E-state index >= 15 is 0 Å². The first-order valence-electron chi connectivity index (χ1n) is 10.5. The van der Waals surface area contributed by atoms with E-state index in [9.17, 15) is 4.79 Å². The number of hydrogen-bond acceptors (Lipinski definition) is 7. The molecule has 4 aromatic rings. The van der Waals surface area contributed by atoms with E-state index in [1.54, 1.807) is 19.3 Å². The Morgan fingerprint density at radius 3 is 2.64 bits per heavy atom. The van der Waals surface area contributed by atoms with Crippen molar-refractivity contribution in [1.29, 1.82) is 0 Å². The number of pyridine rings is 1. The van der Waals surface area contributed by atoms with E-state index in [4.69, 9.17) is 9.26 Å². The van der Waals surface area contributed by atoms with Gasteiger partial charge >= 0.3 is 0 Å². The van der Waals surface area contributed by atoms with Crippen LogP contribution in [-0.4, -0.2) is 51.7 Å². The lowest BCUT2D eigenvalue weighted by atomic mass is 10.1. The van der Waals surface area contributed by atoms with E-state index in [1.807, 2.05) is 61.3 Å². The van der Waals surface area contributed by atoms with Crippen molar-refractivity contribution in [3.05, 3.63) is 72.0 Å². The first-order valence-corrected chi connectivity index (χ1v) is 10.5. The van der Waals surface area contributed by atoms with Gasteiger partial charge in [0.25, 0.3) is 5.91 Å². The number of amides is 1. The Kier molecular flexibility index (Phi) is 6.23. The van der Waals surface area contributed by atoms with Gasteiger partial charge in [0, 0.05) is 11.6 Å². The molecule has 0 aliphatic heterocycles. The molecule has 3 heterocycles. The van der Waals surface area contributed by atoms with Crippen molar-refractivity contribution < 1.29 is 14.1 Å². The molecule has 0 radical (unpaired) electrons. The van der Waals surface area contributed by atoms with Gasteiger partial charge in [0.15, 0.2) is 0 Å². The van der Waals surface area contributed by atoms with Gasteiger partial charge < -0.3 is 19.5 Å². The number of carbonyl (C=O) groups excluding carboxylic acids is 1. The molecular weight excluding hydrogens is 420 g/mol. The lowest BCUT2D eigenvalue weighted by Gasteiger charge is -2.21. The van der Waals surface area contributed by atoms with Crippen molar-refractivity contribution in [3.8, 4) is 23.0 Å². The van der Waals surface area contributed by atoms with Crippen LogP contribution in [0, 0.1) is 6.92 Å². The van der Waals surface area contributed by atoms with Gasteiger partial charge in [-0.15, -0.1) is 0 Å². The topological polar surface area (TPSA) is 98.3 Å². The Hall–Kier alpha value is -3.98. The molecule has 1 aromatic carbocycles. The highest BCUT2D eigenvalue weighted by molar-refractivity contribution is 6.09. The number of methoxy groups -OCH3 is 1. The molecule has 4 rings (SSSR count). The Balaban J connectivity index is 1.65. The summed E-state index contributed by atoms with van der Waals surface area (Å²) in [6.07, 6.45) is 3.52. The van der Waals surface area contributed by atoms with E-state index in [0.717, 1.165) is 11.3 Å². The van der Waals surface area contributed by atoms with Gasteiger partial charge in [-0.3, -0.25) is 9.36 Å². The summed E-state index contributed by atoms with van der Waals surface area (Å²) in [5.74, 6) is 0.992. The number of imidazole rings is 1. The molecule has 9 nitrogen and oxygen atoms in total. The number of hydrogen-bond donors (Lipinski definition) is 1. The number of ether oxygens (including phenoxy) is 1. The van der Waals surface area contributed by atoms with Crippen molar-refractivity contribution in [2.75, 3.05) is 26.5 Å². The third kappa shape index (κ3) is 4.35. The number of anilines is 1. The third-order valence-corrected chi connectivity index (χ3v) is 5.54. The SMILES string of the molecule is COc1nc(-n2cncc2C(C)N(C)C)ccc1NC(=O)c1c(-c2ccccc2)noc1C. The standard InChI is InChI=1S/C24H26N6O3/c1-15(29(3)4)19-13-25-14-30(19)20-12-11-18(24(27-20)32-5)26-23(31)21-16(2)33-28-22(21)17-9-7-6-8-10-17/h6-15H,1-5H3,(H,26,31). The third-order valence-electron chi connectivity index (χ3n) is 5.54. The van der Waals surface area contributed by atoms with Crippen LogP contribution in [-0.2, 0) is 0 Å². The zero-order valence-electron chi connectivity index (χ0n) is 19.2. The maximum absolute atomic E-state index is 13.2. The van der Waals surface area contributed by atoms with E-state index in [2.05, 4.69) is 32.3 Å². The van der Waals surface area contributed by atoms with Gasteiger partial charge in [-0.25, -0.2) is 4.98 Å². The molecule has 0 saturated carbocycles. The van der Waals surface area contributed by atoms with Crippen LogP contribution in [0.15, 0.2) is 59.5 Å². The fraction of sp³-hybridized carbons (Fsp3) is 0.250. The molecule has 9 heteroatoms. The summed E-state index contributed by atoms with van der Waals surface area (Å²) in [5, 5.41) is 6.97. The number of aryl methyl sites for hydroxylation is 1. The maximum Gasteiger partial charge on any atom is 0.261 e. The lowest BCUT2D eigenvalue weighted by molar-refractivity contribution is 0.102. The van der Waals surface area contributed by atoms with Crippen LogP contribution >= 0.6 is 0 Å². The highest BCUT2D eigenvalue weighted by atomic mass is 16.5. The van der Waals surface area contributed by atoms with Gasteiger partial charge in [-0.05, 0) is 40.1 Å². The summed E-state index contributed by atoms with van der Waals surface area (Å²) in [6.45, 7) is 3.80. The Labute approximate surface area is 192 Å². The molecule has 0 aliphatic carbocycles. The van der Waals surface area contributed by atoms with Gasteiger partial charge in [-0.1, -0.05) is 35.5 Å². The summed E-state index contributed by atoms with van der Waals surface area (Å²) in [4.78, 5) is 24.1. The van der Waals surface area contributed by atoms with E-state index in [0.29, 0.717) is 28.5 Å². The van der Waals surface area contributed by atoms with Crippen LogP contribution in [0.4, 0.5) is 5.69 Å². The second-order valence-electron chi connectivity index (χ2n) is 7.84. The van der Waals surface area contributed by atoms with Gasteiger partial charge in [0.2, 0.25) is 5.88 Å². The van der Waals surface area contributed by atoms with Crippen LogP contribution in [0.3, 0.4) is 0 Å². The molecule has 0 spiro atoms. The van der Waals surface area contributed by atoms with Crippen molar-refractivity contribution in [2.24, 2.45) is 0 Å². The highest BCUT2D eigenvalue weighted by Crippen LogP contribution is 2.29. The van der Waals surface area contributed by atoms with Crippen LogP contribution in [0.2, 0.25) is 0 Å². The van der Waals surface area contributed by atoms with Crippen molar-refractivity contribution in [3.63, 3.8) is 0 Å². The predicted octanol–water partition coefficient (Wildman–Crippen LogP) is 4.11. The number of rotatable bonds is 7. The minimum atomic E-state index is -0.356. The van der Waals surface area contributed by atoms with Gasteiger partial charge in [0.1, 0.15) is 34.9 Å². The Bertz CT molecular complexity index is 1260. The molecule has 0 fully saturated rings. The molecule has 0 bridgehead atoms. The molecule has 0 saturated heterocycles. The molecule has 33 heavy (non-hydrogen) atoms. The molecule has 0 aliphatic rings. The molecule has 3 aromatic heterocycles. The smallest absolute Gasteiger partial charge is 0.261 e. The number of nitrogens with zero attached hydrogens (tertiary/aromatic N) is 5. The molecule has 1 amide bonds. The second-order valence-corrected chi connectivity index (χ2v) is 7.84. The van der Waals surface area contributed by atoms with E-state index < -0.39 is 0 Å². The molecule has 170 valence electrons. The normalized spacial score (nSPS) is 12.1. The summed E-state index contributed by atoms with van der Waals surface area (Å²) >= 11 is 0. The van der Waals surface area contributed by atoms with Crippen LogP contribution in [0.25, 0.3) is 17.1 Å². The average molecular weight is 447 g/mol. The largest absolute Gasteiger partial charge is 0.479 e. The fourth-order valence-electron chi connectivity index (χ4n) is 3.50. The Morgan fingerprint density at radius 1 is 1.18 bits per heavy atom. The summed E-state index contributed by atoms with van der Waals surface area (Å²) in [5.41, 5.74) is 3.06. The van der Waals surface area contributed by atoms with E-state index in [-0.39, 0.29) is 17.8 Å². The first-order chi connectivity index (χ1) is 15.9. The lowest BCUT2D eigenvalue weighted by Crippen LogP contribution is -2.20. The zero-order valence-corrected chi connectivity index (χ0v) is 19.2. The van der Waals surface area contributed by atoms with Gasteiger partial charge in [-0.2, -0.15) is 4.98 Å². The first kappa shape index (κ1) is 22.2. The van der Waals surface area contributed by atoms with E-state index in [1.165, 1.54) is 7.11 Å². The van der Waals surface area contributed by atoms with Crippen molar-refractivity contribution in [2.45, 2.75) is 19.9 Å². The van der Waals surface area contributed by atoms with Crippen molar-refractivity contribution in [1.82, 2.24) is 24.6 Å². The number of aromatic nitrogens is 4. The number of benzene rings is 1. The monoisotopic (exact) mass is 446 g/mol. The predicted molar refractivity (Wildman–Crippen MR) is 125 cm³/mol. The number of carbonyl (C=O) groups is 1. The summed E-state index contributed by atoms with van der Waals surface area (Å²) in [7, 11) is 5.52. The summed E-state index contributed by atoms with van der Waals surface area (Å²) in [6, 6.07) is 13.1. The highest BCUT2D eigenvalue weighted by Gasteiger charge is 2.23. The summed E-state index contributed by atoms with van der Waals surface area (Å²) < 4.78 is 12.7. The molecule has 1 unspecified atom stereocenters. The quantitative estimate of drug-likeness (QED) is 0.456. The Morgan fingerprint density at radius 2 is 1.94 bits per heavy atom. The maximum atomic E-state index is 13.2. The minimum absolute atomic E-state index is 0.132. The van der Waals surface area contributed by atoms with Gasteiger partial charge in [0.05, 0.1) is 19.0 Å². The fourth-order valence-corrected chi connectivity index (χ4v) is 3.50. The van der Waals surface area contributed by atoms with Crippen molar-refractivity contribution >= 4 is 11.6 Å². The van der Waals surface area contributed by atoms with Crippen LogP contribution in [0.5, 0.6) is 5.88 Å².